The maximum atomic E-state index is 11.9. The number of carbonyl (C=O) groups excluding carboxylic acids is 1. The van der Waals surface area contributed by atoms with Gasteiger partial charge in [0.2, 0.25) is 0 Å². The van der Waals surface area contributed by atoms with Gasteiger partial charge in [-0.2, -0.15) is 0 Å². The van der Waals surface area contributed by atoms with E-state index >= 15 is 0 Å². The summed E-state index contributed by atoms with van der Waals surface area (Å²) in [6.45, 7) is 7.37. The summed E-state index contributed by atoms with van der Waals surface area (Å²) in [5.74, 6) is -0.340. The van der Waals surface area contributed by atoms with E-state index in [9.17, 15) is 9.90 Å². The second-order valence-corrected chi connectivity index (χ2v) is 8.00. The summed E-state index contributed by atoms with van der Waals surface area (Å²) >= 11 is 0. The maximum absolute atomic E-state index is 11.9. The van der Waals surface area contributed by atoms with E-state index in [4.69, 9.17) is 15.6 Å². The average Bonchev–Trinajstić information content (AvgIpc) is 2.66. The van der Waals surface area contributed by atoms with Gasteiger partial charge in [-0.25, -0.2) is 0 Å². The van der Waals surface area contributed by atoms with Crippen LogP contribution in [0.15, 0.2) is 46.6 Å². The highest BCUT2D eigenvalue weighted by Gasteiger charge is 2.22. The highest BCUT2D eigenvalue weighted by atomic mass is 16.5. The molecule has 29 heavy (non-hydrogen) atoms. The molecule has 0 radical (unpaired) electrons. The molecule has 0 aromatic heterocycles. The topological polar surface area (TPSA) is 118 Å². The Hall–Kier alpha value is -2.93. The molecule has 2 rings (SSSR count). The summed E-state index contributed by atoms with van der Waals surface area (Å²) in [5.41, 5.74) is 8.42. The minimum atomic E-state index is -0.534. The Balaban J connectivity index is 2.32. The minimum Gasteiger partial charge on any atom is -0.505 e. The smallest absolute Gasteiger partial charge is 0.306 e. The van der Waals surface area contributed by atoms with Gasteiger partial charge < -0.3 is 20.7 Å². The van der Waals surface area contributed by atoms with Gasteiger partial charge in [0, 0.05) is 12.0 Å². The van der Waals surface area contributed by atoms with Crippen LogP contribution in [0.3, 0.4) is 0 Å². The first kappa shape index (κ1) is 22.4. The quantitative estimate of drug-likeness (QED) is 0.359. The molecule has 0 spiro atoms. The number of azo groups is 1. The van der Waals surface area contributed by atoms with Crippen molar-refractivity contribution in [3.05, 3.63) is 47.5 Å². The number of carbonyl (C=O) groups is 1. The lowest BCUT2D eigenvalue weighted by Crippen LogP contribution is -2.18. The van der Waals surface area contributed by atoms with E-state index in [2.05, 4.69) is 10.2 Å². The van der Waals surface area contributed by atoms with Gasteiger partial charge in [0.15, 0.2) is 0 Å². The Kier molecular flexibility index (Phi) is 7.34. The number of aromatic hydroxyl groups is 1. The lowest BCUT2D eigenvalue weighted by molar-refractivity contribution is -0.149. The summed E-state index contributed by atoms with van der Waals surface area (Å²) in [5, 5.41) is 28.1. The third-order valence-electron chi connectivity index (χ3n) is 4.37. The van der Waals surface area contributed by atoms with Crippen LogP contribution < -0.4 is 5.73 Å². The number of nitrogen functional groups attached to an aromatic ring is 1. The highest BCUT2D eigenvalue weighted by Crippen LogP contribution is 2.40. The molecule has 0 aliphatic carbocycles. The van der Waals surface area contributed by atoms with Crippen molar-refractivity contribution in [1.82, 2.24) is 0 Å². The van der Waals surface area contributed by atoms with Crippen molar-refractivity contribution in [2.45, 2.75) is 52.1 Å². The first-order valence-electron chi connectivity index (χ1n) is 9.54. The van der Waals surface area contributed by atoms with Crippen molar-refractivity contribution in [2.24, 2.45) is 10.2 Å². The minimum absolute atomic E-state index is 0.0518. The number of nitrogens with two attached hydrogens (primary N) is 1. The summed E-state index contributed by atoms with van der Waals surface area (Å²) < 4.78 is 5.10. The van der Waals surface area contributed by atoms with E-state index in [1.54, 1.807) is 37.3 Å². The van der Waals surface area contributed by atoms with Gasteiger partial charge in [-0.1, -0.05) is 39.0 Å². The first-order valence-corrected chi connectivity index (χ1v) is 9.54. The molecule has 0 heterocycles. The van der Waals surface area contributed by atoms with E-state index in [0.29, 0.717) is 29.0 Å². The second-order valence-electron chi connectivity index (χ2n) is 8.00. The summed E-state index contributed by atoms with van der Waals surface area (Å²) in [6, 6.07) is 10.7. The summed E-state index contributed by atoms with van der Waals surface area (Å²) in [6.07, 6.45) is 0.0326. The zero-order chi connectivity index (χ0) is 21.6. The number of hydrogen-bond acceptors (Lipinski definition) is 7. The van der Waals surface area contributed by atoms with Crippen LogP contribution in [0.25, 0.3) is 0 Å². The second kappa shape index (κ2) is 9.52. The van der Waals surface area contributed by atoms with E-state index in [0.717, 1.165) is 5.56 Å². The van der Waals surface area contributed by atoms with Gasteiger partial charge in [0.05, 0.1) is 12.3 Å². The average molecular weight is 399 g/mol. The van der Waals surface area contributed by atoms with Crippen LogP contribution in [-0.4, -0.2) is 28.9 Å². The fraction of sp³-hybridized carbons (Fsp3) is 0.409. The first-order chi connectivity index (χ1) is 13.6. The number of aryl methyl sites for hydroxylation is 1. The number of ether oxygens (including phenoxy) is 1. The number of phenolic OH excluding ortho intramolecular Hbond substituents is 1. The molecule has 7 nitrogen and oxygen atoms in total. The van der Waals surface area contributed by atoms with Crippen molar-refractivity contribution in [2.75, 3.05) is 12.3 Å². The van der Waals surface area contributed by atoms with Gasteiger partial charge in [-0.15, -0.1) is 10.2 Å². The molecule has 4 N–H and O–H groups in total. The number of para-hydroxylation sites is 1. The number of anilines is 1. The van der Waals surface area contributed by atoms with Crippen LogP contribution in [0.5, 0.6) is 5.75 Å². The molecule has 0 saturated heterocycles. The number of benzene rings is 2. The summed E-state index contributed by atoms with van der Waals surface area (Å²) in [7, 11) is 0. The number of phenols is 1. The van der Waals surface area contributed by atoms with E-state index in [-0.39, 0.29) is 24.2 Å². The van der Waals surface area contributed by atoms with Crippen LogP contribution >= 0.6 is 0 Å². The van der Waals surface area contributed by atoms with E-state index < -0.39 is 12.1 Å². The predicted octanol–water partition coefficient (Wildman–Crippen LogP) is 4.54. The van der Waals surface area contributed by atoms with Crippen molar-refractivity contribution >= 4 is 23.0 Å². The number of rotatable bonds is 7. The SMILES string of the molecule is CC(CO)OC(=O)CCc1cc(N=Nc2ccccc2N)c(O)c(C(C)(C)C)c1. The highest BCUT2D eigenvalue weighted by molar-refractivity contribution is 5.70. The van der Waals surface area contributed by atoms with Gasteiger partial charge in [0.25, 0.3) is 0 Å². The Morgan fingerprint density at radius 1 is 1.17 bits per heavy atom. The fourth-order valence-electron chi connectivity index (χ4n) is 2.72. The Morgan fingerprint density at radius 2 is 1.83 bits per heavy atom. The molecule has 2 aromatic carbocycles. The lowest BCUT2D eigenvalue weighted by atomic mass is 9.84. The molecule has 2 aromatic rings. The Morgan fingerprint density at radius 3 is 2.45 bits per heavy atom. The van der Waals surface area contributed by atoms with Gasteiger partial charge in [-0.05, 0) is 42.5 Å². The summed E-state index contributed by atoms with van der Waals surface area (Å²) in [4.78, 5) is 11.9. The third kappa shape index (κ3) is 6.29. The Labute approximate surface area is 171 Å². The Bertz CT molecular complexity index is 888. The zero-order valence-electron chi connectivity index (χ0n) is 17.3. The standard InChI is InChI=1S/C22H29N3O4/c1-14(13-26)29-20(27)10-9-15-11-16(22(2,3)4)21(28)19(12-15)25-24-18-8-6-5-7-17(18)23/h5-8,11-12,14,26,28H,9-10,13,23H2,1-4H3. The van der Waals surface area contributed by atoms with E-state index in [1.165, 1.54) is 0 Å². The van der Waals surface area contributed by atoms with Gasteiger partial charge in [-0.3, -0.25) is 4.79 Å². The molecule has 1 atom stereocenters. The molecular formula is C22H29N3O4. The monoisotopic (exact) mass is 399 g/mol. The molecule has 1 unspecified atom stereocenters. The zero-order valence-corrected chi connectivity index (χ0v) is 17.3. The lowest BCUT2D eigenvalue weighted by Gasteiger charge is -2.22. The van der Waals surface area contributed by atoms with Crippen LogP contribution in [-0.2, 0) is 21.4 Å². The number of aliphatic hydroxyl groups excluding tert-OH is 1. The predicted molar refractivity (Wildman–Crippen MR) is 113 cm³/mol. The van der Waals surface area contributed by atoms with Crippen LogP contribution in [0, 0.1) is 0 Å². The van der Waals surface area contributed by atoms with Crippen molar-refractivity contribution < 1.29 is 19.7 Å². The van der Waals surface area contributed by atoms with Crippen molar-refractivity contribution in [1.29, 1.82) is 0 Å². The third-order valence-corrected chi connectivity index (χ3v) is 4.37. The van der Waals surface area contributed by atoms with Crippen LogP contribution in [0.4, 0.5) is 17.1 Å². The molecular weight excluding hydrogens is 370 g/mol. The largest absolute Gasteiger partial charge is 0.505 e. The van der Waals surface area contributed by atoms with Crippen LogP contribution in [0.2, 0.25) is 0 Å². The molecule has 0 aliphatic rings. The number of hydrogen-bond donors (Lipinski definition) is 3. The van der Waals surface area contributed by atoms with Crippen molar-refractivity contribution in [3.63, 3.8) is 0 Å². The normalized spacial score (nSPS) is 12.9. The van der Waals surface area contributed by atoms with E-state index in [1.807, 2.05) is 26.8 Å². The molecule has 156 valence electrons. The molecule has 0 saturated carbocycles. The number of aliphatic hydroxyl groups is 1. The molecule has 0 aliphatic heterocycles. The molecule has 7 heteroatoms. The number of esters is 1. The maximum Gasteiger partial charge on any atom is 0.306 e. The fourth-order valence-corrected chi connectivity index (χ4v) is 2.72. The number of nitrogens with zero attached hydrogens (tertiary/aromatic N) is 2. The molecule has 0 amide bonds. The van der Waals surface area contributed by atoms with Crippen molar-refractivity contribution in [3.8, 4) is 5.75 Å². The van der Waals surface area contributed by atoms with Gasteiger partial charge >= 0.3 is 5.97 Å². The molecule has 0 fully saturated rings. The van der Waals surface area contributed by atoms with Crippen LogP contribution in [0.1, 0.15) is 45.2 Å². The van der Waals surface area contributed by atoms with Gasteiger partial charge in [0.1, 0.15) is 23.2 Å². The molecule has 0 bridgehead atoms.